The number of ether oxygens (including phenoxy) is 1. The highest BCUT2D eigenvalue weighted by Gasteiger charge is 2.13. The summed E-state index contributed by atoms with van der Waals surface area (Å²) in [5, 5.41) is 22.6. The molecule has 1 rings (SSSR count). The third-order valence-electron chi connectivity index (χ3n) is 2.34. The topological polar surface area (TPSA) is 88.2 Å². The molecule has 0 bridgehead atoms. The van der Waals surface area contributed by atoms with Crippen molar-refractivity contribution < 1.29 is 9.66 Å². The van der Waals surface area contributed by atoms with Gasteiger partial charge in [0.2, 0.25) is 0 Å². The molecule has 0 aliphatic carbocycles. The maximum absolute atomic E-state index is 10.9. The smallest absolute Gasteiger partial charge is 0.292 e. The average Bonchev–Trinajstić information content (AvgIpc) is 2.37. The predicted octanol–water partition coefficient (Wildman–Crippen LogP) is 2.55. The fourth-order valence-corrected chi connectivity index (χ4v) is 1.48. The van der Waals surface area contributed by atoms with Crippen LogP contribution in [0.3, 0.4) is 0 Å². The Morgan fingerprint density at radius 2 is 2.26 bits per heavy atom. The van der Waals surface area contributed by atoms with E-state index in [-0.39, 0.29) is 5.69 Å². The van der Waals surface area contributed by atoms with E-state index in [0.717, 1.165) is 0 Å². The minimum absolute atomic E-state index is 0.0390. The molecule has 0 aliphatic rings. The largest absolute Gasteiger partial charge is 0.379 e. The molecule has 6 heteroatoms. The number of hydrogen-bond acceptors (Lipinski definition) is 5. The fourth-order valence-electron chi connectivity index (χ4n) is 1.48. The minimum atomic E-state index is -0.474. The molecule has 6 nitrogen and oxygen atoms in total. The molecule has 1 N–H and O–H groups in total. The summed E-state index contributed by atoms with van der Waals surface area (Å²) in [6, 6.07) is 6.19. The fraction of sp³-hybridized carbons (Fsp3) is 0.462. The van der Waals surface area contributed by atoms with Crippen molar-refractivity contribution in [2.45, 2.75) is 13.8 Å². The van der Waals surface area contributed by atoms with Gasteiger partial charge in [-0.3, -0.25) is 10.1 Å². The number of nitro benzene ring substituents is 1. The number of nitrogens with zero attached hydrogens (tertiary/aromatic N) is 2. The van der Waals surface area contributed by atoms with Gasteiger partial charge in [-0.15, -0.1) is 0 Å². The molecular formula is C13H17N3O3. The molecule has 0 saturated carbocycles. The minimum Gasteiger partial charge on any atom is -0.379 e. The Kier molecular flexibility index (Phi) is 5.76. The van der Waals surface area contributed by atoms with Gasteiger partial charge in [-0.1, -0.05) is 13.8 Å². The standard InChI is InChI=1S/C13H17N3O3/c1-10(2)9-19-6-5-15-12-7-11(8-14)3-4-13(12)16(17)18/h3-4,7,10,15H,5-6,9H2,1-2H3. The second-order valence-corrected chi connectivity index (χ2v) is 4.50. The average molecular weight is 263 g/mol. The van der Waals surface area contributed by atoms with E-state index in [9.17, 15) is 10.1 Å². The van der Waals surface area contributed by atoms with Crippen LogP contribution >= 0.6 is 0 Å². The van der Waals surface area contributed by atoms with Crippen molar-refractivity contribution in [2.75, 3.05) is 25.1 Å². The summed E-state index contributed by atoms with van der Waals surface area (Å²) in [7, 11) is 0. The first-order chi connectivity index (χ1) is 9.04. The Morgan fingerprint density at radius 3 is 2.84 bits per heavy atom. The van der Waals surface area contributed by atoms with Crippen molar-refractivity contribution in [3.63, 3.8) is 0 Å². The van der Waals surface area contributed by atoms with Gasteiger partial charge in [0, 0.05) is 19.2 Å². The highest BCUT2D eigenvalue weighted by molar-refractivity contribution is 5.64. The Balaban J connectivity index is 2.60. The molecule has 102 valence electrons. The van der Waals surface area contributed by atoms with E-state index in [2.05, 4.69) is 19.2 Å². The van der Waals surface area contributed by atoms with E-state index in [0.29, 0.717) is 36.9 Å². The molecule has 0 aromatic heterocycles. The van der Waals surface area contributed by atoms with Gasteiger partial charge in [-0.05, 0) is 18.1 Å². The zero-order valence-corrected chi connectivity index (χ0v) is 11.0. The van der Waals surface area contributed by atoms with Crippen LogP contribution in [0.5, 0.6) is 0 Å². The Labute approximate surface area is 112 Å². The number of benzene rings is 1. The normalized spacial score (nSPS) is 10.2. The maximum atomic E-state index is 10.9. The van der Waals surface area contributed by atoms with Crippen LogP contribution in [-0.2, 0) is 4.74 Å². The molecule has 19 heavy (non-hydrogen) atoms. The van der Waals surface area contributed by atoms with Crippen molar-refractivity contribution >= 4 is 11.4 Å². The molecule has 1 aromatic rings. The summed E-state index contributed by atoms with van der Waals surface area (Å²) in [4.78, 5) is 10.4. The monoisotopic (exact) mass is 263 g/mol. The summed E-state index contributed by atoms with van der Waals surface area (Å²) in [5.41, 5.74) is 0.691. The molecule has 0 atom stereocenters. The first-order valence-corrected chi connectivity index (χ1v) is 6.04. The van der Waals surface area contributed by atoms with E-state index in [1.807, 2.05) is 6.07 Å². The lowest BCUT2D eigenvalue weighted by Crippen LogP contribution is -2.13. The van der Waals surface area contributed by atoms with Crippen LogP contribution in [0, 0.1) is 27.4 Å². The Morgan fingerprint density at radius 1 is 1.53 bits per heavy atom. The van der Waals surface area contributed by atoms with Crippen LogP contribution < -0.4 is 5.32 Å². The van der Waals surface area contributed by atoms with Crippen LogP contribution in [0.15, 0.2) is 18.2 Å². The van der Waals surface area contributed by atoms with Gasteiger partial charge < -0.3 is 10.1 Å². The third-order valence-corrected chi connectivity index (χ3v) is 2.34. The van der Waals surface area contributed by atoms with Crippen molar-refractivity contribution in [3.05, 3.63) is 33.9 Å². The molecular weight excluding hydrogens is 246 g/mol. The van der Waals surface area contributed by atoms with Crippen LogP contribution in [0.2, 0.25) is 0 Å². The lowest BCUT2D eigenvalue weighted by atomic mass is 10.2. The van der Waals surface area contributed by atoms with E-state index in [4.69, 9.17) is 10.00 Å². The summed E-state index contributed by atoms with van der Waals surface area (Å²) in [5.74, 6) is 0.455. The van der Waals surface area contributed by atoms with Gasteiger partial charge in [0.1, 0.15) is 5.69 Å². The number of anilines is 1. The second kappa shape index (κ2) is 7.34. The molecule has 0 fully saturated rings. The zero-order chi connectivity index (χ0) is 14.3. The predicted molar refractivity (Wildman–Crippen MR) is 72.0 cm³/mol. The summed E-state index contributed by atoms with van der Waals surface area (Å²) in [6.45, 7) is 5.68. The van der Waals surface area contributed by atoms with Crippen LogP contribution in [-0.4, -0.2) is 24.7 Å². The van der Waals surface area contributed by atoms with Gasteiger partial charge in [0.25, 0.3) is 5.69 Å². The summed E-state index contributed by atoms with van der Waals surface area (Å²) < 4.78 is 5.38. The van der Waals surface area contributed by atoms with E-state index < -0.39 is 4.92 Å². The van der Waals surface area contributed by atoms with Crippen molar-refractivity contribution in [2.24, 2.45) is 5.92 Å². The van der Waals surface area contributed by atoms with Crippen molar-refractivity contribution in [3.8, 4) is 6.07 Å². The van der Waals surface area contributed by atoms with Gasteiger partial charge in [-0.2, -0.15) is 5.26 Å². The molecule has 0 spiro atoms. The Hall–Kier alpha value is -2.13. The van der Waals surface area contributed by atoms with Crippen molar-refractivity contribution in [1.82, 2.24) is 0 Å². The molecule has 0 amide bonds. The quantitative estimate of drug-likeness (QED) is 0.464. The molecule has 0 aliphatic heterocycles. The maximum Gasteiger partial charge on any atom is 0.292 e. The van der Waals surface area contributed by atoms with Crippen LogP contribution in [0.1, 0.15) is 19.4 Å². The highest BCUT2D eigenvalue weighted by atomic mass is 16.6. The summed E-state index contributed by atoms with van der Waals surface area (Å²) >= 11 is 0. The number of rotatable bonds is 7. The second-order valence-electron chi connectivity index (χ2n) is 4.50. The van der Waals surface area contributed by atoms with Gasteiger partial charge in [-0.25, -0.2) is 0 Å². The number of nitrogens with one attached hydrogen (secondary N) is 1. The van der Waals surface area contributed by atoms with Crippen LogP contribution in [0.4, 0.5) is 11.4 Å². The summed E-state index contributed by atoms with van der Waals surface area (Å²) in [6.07, 6.45) is 0. The first-order valence-electron chi connectivity index (χ1n) is 6.04. The molecule has 0 saturated heterocycles. The van der Waals surface area contributed by atoms with Gasteiger partial charge >= 0.3 is 0 Å². The molecule has 0 heterocycles. The van der Waals surface area contributed by atoms with E-state index in [1.165, 1.54) is 18.2 Å². The van der Waals surface area contributed by atoms with E-state index >= 15 is 0 Å². The molecule has 0 radical (unpaired) electrons. The first kappa shape index (κ1) is 14.9. The lowest BCUT2D eigenvalue weighted by Gasteiger charge is -2.09. The highest BCUT2D eigenvalue weighted by Crippen LogP contribution is 2.24. The van der Waals surface area contributed by atoms with Gasteiger partial charge in [0.15, 0.2) is 0 Å². The van der Waals surface area contributed by atoms with Crippen molar-refractivity contribution in [1.29, 1.82) is 5.26 Å². The van der Waals surface area contributed by atoms with Crippen LogP contribution in [0.25, 0.3) is 0 Å². The number of hydrogen-bond donors (Lipinski definition) is 1. The van der Waals surface area contributed by atoms with E-state index in [1.54, 1.807) is 0 Å². The number of nitro groups is 1. The Bertz CT molecular complexity index is 481. The molecule has 1 aromatic carbocycles. The third kappa shape index (κ3) is 4.94. The number of nitriles is 1. The zero-order valence-electron chi connectivity index (χ0n) is 11.0. The lowest BCUT2D eigenvalue weighted by molar-refractivity contribution is -0.384. The molecule has 0 unspecified atom stereocenters. The van der Waals surface area contributed by atoms with Gasteiger partial charge in [0.05, 0.1) is 23.2 Å². The SMILES string of the molecule is CC(C)COCCNc1cc(C#N)ccc1[N+](=O)[O-].